The number of nitrogens with one attached hydrogen (secondary N) is 2. The van der Waals surface area contributed by atoms with Gasteiger partial charge in [-0.15, -0.1) is 0 Å². The maximum atomic E-state index is 14.2. The zero-order valence-corrected chi connectivity index (χ0v) is 25.5. The third kappa shape index (κ3) is 7.83. The summed E-state index contributed by atoms with van der Waals surface area (Å²) in [5.41, 5.74) is 10.4. The maximum absolute atomic E-state index is 14.2. The molecular weight excluding hydrogens is 589 g/mol. The first-order chi connectivity index (χ1) is 21.9. The Morgan fingerprint density at radius 1 is 0.844 bits per heavy atom. The van der Waals surface area contributed by atoms with E-state index in [0.717, 1.165) is 16.7 Å². The number of hydrogen-bond donors (Lipinski definition) is 3. The average Bonchev–Trinajstić information content (AvgIpc) is 3.06. The van der Waals surface area contributed by atoms with Crippen LogP contribution in [-0.4, -0.2) is 17.9 Å². The minimum absolute atomic E-state index is 0.140. The van der Waals surface area contributed by atoms with Gasteiger partial charge in [0.2, 0.25) is 5.91 Å². The highest BCUT2D eigenvalue weighted by atomic mass is 35.5. The van der Waals surface area contributed by atoms with E-state index in [9.17, 15) is 14.0 Å². The maximum Gasteiger partial charge on any atom is 0.258 e. The molecule has 0 radical (unpaired) electrons. The second-order valence-electron chi connectivity index (χ2n) is 10.5. The minimum atomic E-state index is -0.718. The number of halogens is 2. The van der Waals surface area contributed by atoms with E-state index in [4.69, 9.17) is 22.1 Å². The van der Waals surface area contributed by atoms with Gasteiger partial charge in [-0.05, 0) is 71.1 Å². The van der Waals surface area contributed by atoms with Crippen molar-refractivity contribution in [2.45, 2.75) is 32.5 Å². The van der Waals surface area contributed by atoms with Gasteiger partial charge >= 0.3 is 0 Å². The molecule has 0 fully saturated rings. The smallest absolute Gasteiger partial charge is 0.258 e. The van der Waals surface area contributed by atoms with Crippen LogP contribution in [0.3, 0.4) is 0 Å². The van der Waals surface area contributed by atoms with Crippen molar-refractivity contribution < 1.29 is 18.7 Å². The first-order valence-corrected chi connectivity index (χ1v) is 15.0. The summed E-state index contributed by atoms with van der Waals surface area (Å²) in [4.78, 5) is 27.0. The van der Waals surface area contributed by atoms with Gasteiger partial charge in [0.15, 0.2) is 0 Å². The predicted molar refractivity (Wildman–Crippen MR) is 177 cm³/mol. The Morgan fingerprint density at radius 2 is 1.62 bits per heavy atom. The SMILES string of the molecule is CCC(NCc1ccccc1F)C(=O)NC(=O)c1ccc(-c2ccccc2)cc1-c1ccc(Cl)cc1Oc1cccc(CN)c1. The molecule has 6 nitrogen and oxygen atoms in total. The molecule has 228 valence electrons. The van der Waals surface area contributed by atoms with Crippen LogP contribution in [0.4, 0.5) is 4.39 Å². The molecule has 0 bridgehead atoms. The van der Waals surface area contributed by atoms with Gasteiger partial charge in [0.05, 0.1) is 6.04 Å². The fourth-order valence-corrected chi connectivity index (χ4v) is 5.17. The zero-order chi connectivity index (χ0) is 31.8. The molecular formula is C37H33ClFN3O3. The van der Waals surface area contributed by atoms with Gasteiger partial charge in [0, 0.05) is 40.9 Å². The highest BCUT2D eigenvalue weighted by Gasteiger charge is 2.23. The Labute approximate surface area is 267 Å². The second-order valence-corrected chi connectivity index (χ2v) is 10.9. The lowest BCUT2D eigenvalue weighted by Crippen LogP contribution is -2.45. The van der Waals surface area contributed by atoms with E-state index in [1.54, 1.807) is 42.5 Å². The number of imide groups is 1. The van der Waals surface area contributed by atoms with E-state index in [2.05, 4.69) is 10.6 Å². The highest BCUT2D eigenvalue weighted by Crippen LogP contribution is 2.39. The molecule has 8 heteroatoms. The van der Waals surface area contributed by atoms with Crippen LogP contribution in [0, 0.1) is 5.82 Å². The fraction of sp³-hybridized carbons (Fsp3) is 0.135. The molecule has 5 aromatic carbocycles. The van der Waals surface area contributed by atoms with Crippen molar-refractivity contribution in [1.29, 1.82) is 0 Å². The van der Waals surface area contributed by atoms with Crippen LogP contribution in [0.2, 0.25) is 5.02 Å². The van der Waals surface area contributed by atoms with E-state index in [-0.39, 0.29) is 17.9 Å². The standard InChI is InChI=1S/C37H33ClFN3O3/c1-2-34(41-23-27-12-6-7-14-33(27)39)37(44)42-36(43)31-17-15-26(25-10-4-3-5-11-25)20-32(31)30-18-16-28(38)21-35(30)45-29-13-8-9-24(19-29)22-40/h3-21,34,41H,2,22-23,40H2,1H3,(H,42,43,44). The highest BCUT2D eigenvalue weighted by molar-refractivity contribution is 6.30. The Kier molecular flexibility index (Phi) is 10.4. The molecule has 0 aliphatic carbocycles. The minimum Gasteiger partial charge on any atom is -0.457 e. The van der Waals surface area contributed by atoms with Crippen molar-refractivity contribution in [2.75, 3.05) is 0 Å². The Morgan fingerprint density at radius 3 is 2.38 bits per heavy atom. The number of ether oxygens (including phenoxy) is 1. The molecule has 0 saturated carbocycles. The molecule has 4 N–H and O–H groups in total. The van der Waals surface area contributed by atoms with Crippen LogP contribution in [0.25, 0.3) is 22.3 Å². The molecule has 0 aliphatic rings. The summed E-state index contributed by atoms with van der Waals surface area (Å²) in [7, 11) is 0. The number of carbonyl (C=O) groups is 2. The normalized spacial score (nSPS) is 11.6. The van der Waals surface area contributed by atoms with Crippen molar-refractivity contribution in [1.82, 2.24) is 10.6 Å². The van der Waals surface area contributed by atoms with Crippen LogP contribution in [0.5, 0.6) is 11.5 Å². The van der Waals surface area contributed by atoms with Crippen molar-refractivity contribution in [3.05, 3.63) is 143 Å². The summed E-state index contributed by atoms with van der Waals surface area (Å²) >= 11 is 6.41. The fourth-order valence-electron chi connectivity index (χ4n) is 5.00. The van der Waals surface area contributed by atoms with E-state index in [0.29, 0.717) is 46.2 Å². The first-order valence-electron chi connectivity index (χ1n) is 14.6. The van der Waals surface area contributed by atoms with E-state index < -0.39 is 17.9 Å². The van der Waals surface area contributed by atoms with Crippen LogP contribution in [0.1, 0.15) is 34.8 Å². The van der Waals surface area contributed by atoms with Gasteiger partial charge in [-0.3, -0.25) is 14.9 Å². The number of carbonyl (C=O) groups excluding carboxylic acids is 2. The van der Waals surface area contributed by atoms with Crippen LogP contribution in [-0.2, 0) is 17.9 Å². The average molecular weight is 622 g/mol. The second kappa shape index (κ2) is 14.8. The van der Waals surface area contributed by atoms with E-state index in [1.807, 2.05) is 73.7 Å². The number of rotatable bonds is 11. The quantitative estimate of drug-likeness (QED) is 0.139. The topological polar surface area (TPSA) is 93.5 Å². The molecule has 0 saturated heterocycles. The molecule has 0 heterocycles. The number of nitrogens with two attached hydrogens (primary N) is 1. The lowest BCUT2D eigenvalue weighted by Gasteiger charge is -2.19. The largest absolute Gasteiger partial charge is 0.457 e. The van der Waals surface area contributed by atoms with Gasteiger partial charge in [-0.1, -0.05) is 85.3 Å². The van der Waals surface area contributed by atoms with Crippen LogP contribution in [0.15, 0.2) is 115 Å². The Balaban J connectivity index is 1.49. The summed E-state index contributed by atoms with van der Waals surface area (Å²) in [6.07, 6.45) is 0.393. The van der Waals surface area contributed by atoms with Gasteiger partial charge in [-0.25, -0.2) is 4.39 Å². The van der Waals surface area contributed by atoms with E-state index in [1.165, 1.54) is 6.07 Å². The summed E-state index contributed by atoms with van der Waals surface area (Å²) in [6, 6.07) is 33.5. The van der Waals surface area contributed by atoms with Crippen LogP contribution >= 0.6 is 11.6 Å². The lowest BCUT2D eigenvalue weighted by atomic mass is 9.93. The summed E-state index contributed by atoms with van der Waals surface area (Å²) in [5, 5.41) is 6.07. The zero-order valence-electron chi connectivity index (χ0n) is 24.7. The summed E-state index contributed by atoms with van der Waals surface area (Å²) in [6.45, 7) is 2.31. The number of amides is 2. The van der Waals surface area contributed by atoms with Gasteiger partial charge in [-0.2, -0.15) is 0 Å². The Hall–Kier alpha value is -4.82. The molecule has 5 rings (SSSR count). The monoisotopic (exact) mass is 621 g/mol. The van der Waals surface area contributed by atoms with Crippen molar-refractivity contribution >= 4 is 23.4 Å². The summed E-state index contributed by atoms with van der Waals surface area (Å²) < 4.78 is 20.5. The molecule has 0 aromatic heterocycles. The third-order valence-corrected chi connectivity index (χ3v) is 7.66. The molecule has 2 amide bonds. The molecule has 5 aromatic rings. The lowest BCUT2D eigenvalue weighted by molar-refractivity contribution is -0.122. The molecule has 1 unspecified atom stereocenters. The van der Waals surface area contributed by atoms with Crippen molar-refractivity contribution in [2.24, 2.45) is 5.73 Å². The molecule has 45 heavy (non-hydrogen) atoms. The van der Waals surface area contributed by atoms with Gasteiger partial charge in [0.25, 0.3) is 5.91 Å². The predicted octanol–water partition coefficient (Wildman–Crippen LogP) is 7.89. The van der Waals surface area contributed by atoms with Crippen LogP contribution < -0.4 is 21.1 Å². The van der Waals surface area contributed by atoms with Gasteiger partial charge < -0.3 is 15.8 Å². The van der Waals surface area contributed by atoms with Gasteiger partial charge in [0.1, 0.15) is 17.3 Å². The number of benzene rings is 5. The number of hydrogen-bond acceptors (Lipinski definition) is 5. The first kappa shape index (κ1) is 31.6. The Bertz CT molecular complexity index is 1810. The third-order valence-electron chi connectivity index (χ3n) is 7.43. The molecule has 0 aliphatic heterocycles. The summed E-state index contributed by atoms with van der Waals surface area (Å²) in [5.74, 6) is -0.459. The van der Waals surface area contributed by atoms with Crippen molar-refractivity contribution in [3.63, 3.8) is 0 Å². The molecule has 1 atom stereocenters. The van der Waals surface area contributed by atoms with Crippen molar-refractivity contribution in [3.8, 4) is 33.8 Å². The molecule has 0 spiro atoms. The van der Waals surface area contributed by atoms with E-state index >= 15 is 0 Å².